The molecule has 0 fully saturated rings. The molecule has 0 bridgehead atoms. The van der Waals surface area contributed by atoms with Gasteiger partial charge in [-0.2, -0.15) is 5.26 Å². The smallest absolute Gasteiger partial charge is 0.119 e. The fourth-order valence-electron chi connectivity index (χ4n) is 2.30. The number of ether oxygens (including phenoxy) is 1. The molecule has 0 saturated heterocycles. The number of nitrogens with zero attached hydrogens (tertiary/aromatic N) is 2. The lowest BCUT2D eigenvalue weighted by atomic mass is 10.2. The summed E-state index contributed by atoms with van der Waals surface area (Å²) in [6.45, 7) is 4.46. The predicted molar refractivity (Wildman–Crippen MR) is 97.5 cm³/mol. The number of rotatable bonds is 9. The first-order chi connectivity index (χ1) is 11.6. The first kappa shape index (κ1) is 18.8. The van der Waals surface area contributed by atoms with Gasteiger partial charge in [0.1, 0.15) is 18.5 Å². The summed E-state index contributed by atoms with van der Waals surface area (Å²) in [5.41, 5.74) is 0.956. The summed E-state index contributed by atoms with van der Waals surface area (Å²) in [7, 11) is 0. The maximum Gasteiger partial charge on any atom is 0.119 e. The molecule has 128 valence electrons. The molecule has 1 heterocycles. The van der Waals surface area contributed by atoms with Crippen LogP contribution in [0.25, 0.3) is 0 Å². The Morgan fingerprint density at radius 2 is 2.04 bits per heavy atom. The molecule has 4 nitrogen and oxygen atoms in total. The number of hydrogen-bond acceptors (Lipinski definition) is 5. The van der Waals surface area contributed by atoms with Gasteiger partial charge in [-0.25, -0.2) is 0 Å². The maximum absolute atomic E-state index is 10.2. The zero-order chi connectivity index (χ0) is 17.4. The van der Waals surface area contributed by atoms with Gasteiger partial charge < -0.3 is 9.84 Å². The zero-order valence-electron chi connectivity index (χ0n) is 13.6. The molecule has 1 N–H and O–H groups in total. The van der Waals surface area contributed by atoms with Gasteiger partial charge in [-0.3, -0.25) is 4.90 Å². The standard InChI is InChI=1S/C18H21ClN2O2S/c1-2-21(12-17-7-8-18(19)24-17)11-15(22)13-23-16-5-3-14(4-6-16)9-10-20/h3-8,15,22H,2,9,11-13H2,1H3/t15-/m0/s1. The molecule has 2 aromatic rings. The van der Waals surface area contributed by atoms with Crippen LogP contribution in [0, 0.1) is 11.3 Å². The molecular formula is C18H21ClN2O2S. The Labute approximate surface area is 151 Å². The molecule has 0 saturated carbocycles. The van der Waals surface area contributed by atoms with Gasteiger partial charge in [0.2, 0.25) is 0 Å². The number of nitriles is 1. The SMILES string of the molecule is CCN(Cc1ccc(Cl)s1)C[C@H](O)COc1ccc(CC#N)cc1. The molecule has 1 aromatic carbocycles. The molecule has 0 amide bonds. The second-order valence-electron chi connectivity index (χ2n) is 5.48. The third-order valence-electron chi connectivity index (χ3n) is 3.57. The largest absolute Gasteiger partial charge is 0.491 e. The first-order valence-corrected chi connectivity index (χ1v) is 9.03. The average Bonchev–Trinajstić information content (AvgIpc) is 2.99. The van der Waals surface area contributed by atoms with Gasteiger partial charge in [-0.15, -0.1) is 11.3 Å². The van der Waals surface area contributed by atoms with Crippen molar-refractivity contribution in [3.05, 3.63) is 51.2 Å². The normalized spacial score (nSPS) is 12.1. The van der Waals surface area contributed by atoms with Crippen molar-refractivity contribution in [2.24, 2.45) is 0 Å². The Morgan fingerprint density at radius 1 is 1.29 bits per heavy atom. The van der Waals surface area contributed by atoms with E-state index in [9.17, 15) is 5.11 Å². The minimum absolute atomic E-state index is 0.235. The van der Waals surface area contributed by atoms with Gasteiger partial charge in [0.15, 0.2) is 0 Å². The number of aliphatic hydroxyl groups is 1. The first-order valence-electron chi connectivity index (χ1n) is 7.84. The number of hydrogen-bond donors (Lipinski definition) is 1. The van der Waals surface area contributed by atoms with Crippen LogP contribution in [0.2, 0.25) is 4.34 Å². The van der Waals surface area contributed by atoms with Gasteiger partial charge in [-0.05, 0) is 36.4 Å². The van der Waals surface area contributed by atoms with Crippen LogP contribution >= 0.6 is 22.9 Å². The van der Waals surface area contributed by atoms with E-state index in [1.807, 2.05) is 36.4 Å². The van der Waals surface area contributed by atoms with Gasteiger partial charge in [0.05, 0.1) is 16.8 Å². The van der Waals surface area contributed by atoms with Crippen LogP contribution in [-0.2, 0) is 13.0 Å². The van der Waals surface area contributed by atoms with Crippen LogP contribution in [0.1, 0.15) is 17.4 Å². The maximum atomic E-state index is 10.2. The van der Waals surface area contributed by atoms with E-state index >= 15 is 0 Å². The Kier molecular flexibility index (Phi) is 7.54. The second kappa shape index (κ2) is 9.65. The van der Waals surface area contributed by atoms with Crippen molar-refractivity contribution in [2.45, 2.75) is 26.0 Å². The third kappa shape index (κ3) is 6.14. The molecule has 24 heavy (non-hydrogen) atoms. The molecule has 0 radical (unpaired) electrons. The van der Waals surface area contributed by atoms with E-state index in [4.69, 9.17) is 21.6 Å². The van der Waals surface area contributed by atoms with E-state index in [-0.39, 0.29) is 6.61 Å². The highest BCUT2D eigenvalue weighted by molar-refractivity contribution is 7.16. The summed E-state index contributed by atoms with van der Waals surface area (Å²) in [4.78, 5) is 3.34. The van der Waals surface area contributed by atoms with Crippen LogP contribution in [0.15, 0.2) is 36.4 Å². The lowest BCUT2D eigenvalue weighted by Crippen LogP contribution is -2.35. The van der Waals surface area contributed by atoms with Crippen LogP contribution in [0.3, 0.4) is 0 Å². The molecular weight excluding hydrogens is 344 g/mol. The summed E-state index contributed by atoms with van der Waals surface area (Å²) in [5.74, 6) is 0.698. The van der Waals surface area contributed by atoms with Gasteiger partial charge in [0, 0.05) is 18.0 Å². The summed E-state index contributed by atoms with van der Waals surface area (Å²) >= 11 is 7.52. The summed E-state index contributed by atoms with van der Waals surface area (Å²) in [5, 5.41) is 18.9. The van der Waals surface area contributed by atoms with E-state index < -0.39 is 6.10 Å². The topological polar surface area (TPSA) is 56.5 Å². The highest BCUT2D eigenvalue weighted by Gasteiger charge is 2.13. The van der Waals surface area contributed by atoms with Crippen LogP contribution in [-0.4, -0.2) is 35.8 Å². The van der Waals surface area contributed by atoms with Crippen molar-refractivity contribution in [1.29, 1.82) is 5.26 Å². The number of thiophene rings is 1. The van der Waals surface area contributed by atoms with Crippen molar-refractivity contribution in [2.75, 3.05) is 19.7 Å². The fourth-order valence-corrected chi connectivity index (χ4v) is 3.43. The number of halogens is 1. The average molecular weight is 365 g/mol. The van der Waals surface area contributed by atoms with E-state index in [1.54, 1.807) is 11.3 Å². The van der Waals surface area contributed by atoms with Crippen LogP contribution in [0.4, 0.5) is 0 Å². The number of aliphatic hydroxyl groups excluding tert-OH is 1. The van der Waals surface area contributed by atoms with Crippen LogP contribution < -0.4 is 4.74 Å². The van der Waals surface area contributed by atoms with E-state index in [2.05, 4.69) is 17.9 Å². The second-order valence-corrected chi connectivity index (χ2v) is 7.28. The van der Waals surface area contributed by atoms with Gasteiger partial charge in [0.25, 0.3) is 0 Å². The van der Waals surface area contributed by atoms with E-state index in [0.717, 1.165) is 23.0 Å². The minimum Gasteiger partial charge on any atom is -0.491 e. The quantitative estimate of drug-likeness (QED) is 0.736. The Morgan fingerprint density at radius 3 is 2.62 bits per heavy atom. The van der Waals surface area contributed by atoms with E-state index in [0.29, 0.717) is 18.7 Å². The minimum atomic E-state index is -0.570. The summed E-state index contributed by atoms with van der Waals surface area (Å²) < 4.78 is 6.40. The third-order valence-corrected chi connectivity index (χ3v) is 4.79. The monoisotopic (exact) mass is 364 g/mol. The van der Waals surface area contributed by atoms with Crippen molar-refractivity contribution in [3.8, 4) is 11.8 Å². The predicted octanol–water partition coefficient (Wildman–Crippen LogP) is 3.73. The molecule has 1 atom stereocenters. The lowest BCUT2D eigenvalue weighted by molar-refractivity contribution is 0.0678. The lowest BCUT2D eigenvalue weighted by Gasteiger charge is -2.23. The highest BCUT2D eigenvalue weighted by atomic mass is 35.5. The molecule has 6 heteroatoms. The number of benzene rings is 1. The molecule has 0 aliphatic rings. The fraction of sp³-hybridized carbons (Fsp3) is 0.389. The summed E-state index contributed by atoms with van der Waals surface area (Å²) in [6.07, 6.45) is -0.180. The number of likely N-dealkylation sites (N-methyl/N-ethyl adjacent to an activating group) is 1. The molecule has 0 aliphatic heterocycles. The molecule has 0 aliphatic carbocycles. The van der Waals surface area contributed by atoms with Crippen LogP contribution in [0.5, 0.6) is 5.75 Å². The molecule has 1 aromatic heterocycles. The van der Waals surface area contributed by atoms with Crippen molar-refractivity contribution in [3.63, 3.8) is 0 Å². The highest BCUT2D eigenvalue weighted by Crippen LogP contribution is 2.22. The molecule has 0 spiro atoms. The zero-order valence-corrected chi connectivity index (χ0v) is 15.2. The summed E-state index contributed by atoms with van der Waals surface area (Å²) in [6, 6.07) is 13.4. The molecule has 0 unspecified atom stereocenters. The van der Waals surface area contributed by atoms with Crippen molar-refractivity contribution in [1.82, 2.24) is 4.90 Å². The Balaban J connectivity index is 1.78. The Bertz CT molecular complexity index is 666. The molecule has 2 rings (SSSR count). The Hall–Kier alpha value is -1.58. The van der Waals surface area contributed by atoms with E-state index in [1.165, 1.54) is 4.88 Å². The van der Waals surface area contributed by atoms with Gasteiger partial charge >= 0.3 is 0 Å². The van der Waals surface area contributed by atoms with Crippen molar-refractivity contribution < 1.29 is 9.84 Å². The van der Waals surface area contributed by atoms with Gasteiger partial charge in [-0.1, -0.05) is 30.7 Å². The van der Waals surface area contributed by atoms with Crippen molar-refractivity contribution >= 4 is 22.9 Å².